The number of rotatable bonds is 4. The molecule has 1 aromatic carbocycles. The van der Waals surface area contributed by atoms with E-state index in [1.807, 2.05) is 24.0 Å². The number of hydrogen-bond acceptors (Lipinski definition) is 4. The molecule has 2 nitrogen and oxygen atoms in total. The third-order valence-electron chi connectivity index (χ3n) is 1.93. The predicted molar refractivity (Wildman–Crippen MR) is 68.0 cm³/mol. The third kappa shape index (κ3) is 3.25. The summed E-state index contributed by atoms with van der Waals surface area (Å²) in [5.41, 5.74) is 6.92. The minimum atomic E-state index is 0.658. The molecule has 0 radical (unpaired) electrons. The van der Waals surface area contributed by atoms with Crippen molar-refractivity contribution >= 4 is 28.2 Å². The minimum absolute atomic E-state index is 0.658. The molecule has 0 bridgehead atoms. The first kappa shape index (κ1) is 10.5. The second kappa shape index (κ2) is 5.19. The monoisotopic (exact) mass is 236 g/mol. The molecule has 1 heterocycles. The molecule has 0 atom stereocenters. The van der Waals surface area contributed by atoms with Gasteiger partial charge in [0.05, 0.1) is 0 Å². The van der Waals surface area contributed by atoms with E-state index in [2.05, 4.69) is 29.2 Å². The number of nitrogens with zero attached hydrogens (tertiary/aromatic N) is 1. The molecule has 15 heavy (non-hydrogen) atoms. The first-order chi connectivity index (χ1) is 7.34. The predicted octanol–water partition coefficient (Wildman–Crippen LogP) is 3.16. The van der Waals surface area contributed by atoms with Gasteiger partial charge in [-0.3, -0.25) is 0 Å². The van der Waals surface area contributed by atoms with E-state index in [0.29, 0.717) is 5.13 Å². The molecule has 0 aliphatic carbocycles. The average Bonchev–Trinajstić information content (AvgIpc) is 2.66. The van der Waals surface area contributed by atoms with Crippen LogP contribution in [0, 0.1) is 0 Å². The summed E-state index contributed by atoms with van der Waals surface area (Å²) in [7, 11) is 0. The van der Waals surface area contributed by atoms with Gasteiger partial charge in [0.1, 0.15) is 0 Å². The lowest BCUT2D eigenvalue weighted by Gasteiger charge is -1.99. The summed E-state index contributed by atoms with van der Waals surface area (Å²) < 4.78 is 0. The quantitative estimate of drug-likeness (QED) is 0.886. The summed E-state index contributed by atoms with van der Waals surface area (Å²) in [4.78, 5) is 5.27. The molecule has 0 saturated carbocycles. The van der Waals surface area contributed by atoms with Crippen molar-refractivity contribution in [2.75, 3.05) is 5.73 Å². The van der Waals surface area contributed by atoms with E-state index in [1.54, 1.807) is 11.3 Å². The first-order valence-electron chi connectivity index (χ1n) is 4.66. The van der Waals surface area contributed by atoms with E-state index >= 15 is 0 Å². The number of thioether (sulfide) groups is 1. The Kier molecular flexibility index (Phi) is 3.64. The van der Waals surface area contributed by atoms with Crippen LogP contribution < -0.4 is 5.73 Å². The Morgan fingerprint density at radius 2 is 2.00 bits per heavy atom. The zero-order chi connectivity index (χ0) is 10.5. The molecule has 0 aliphatic heterocycles. The Morgan fingerprint density at radius 1 is 1.20 bits per heavy atom. The molecule has 2 rings (SSSR count). The highest BCUT2D eigenvalue weighted by molar-refractivity contribution is 7.97. The fourth-order valence-corrected chi connectivity index (χ4v) is 3.00. The number of nitrogens with two attached hydrogens (primary N) is 1. The second-order valence-corrected chi connectivity index (χ2v) is 5.28. The van der Waals surface area contributed by atoms with E-state index in [-0.39, 0.29) is 0 Å². The van der Waals surface area contributed by atoms with Gasteiger partial charge in [0.2, 0.25) is 0 Å². The van der Waals surface area contributed by atoms with Crippen LogP contribution >= 0.6 is 23.1 Å². The van der Waals surface area contributed by atoms with Crippen LogP contribution in [-0.2, 0) is 11.5 Å². The number of thiazole rings is 1. The van der Waals surface area contributed by atoms with E-state index < -0.39 is 0 Å². The van der Waals surface area contributed by atoms with Crippen LogP contribution in [0.15, 0.2) is 36.5 Å². The van der Waals surface area contributed by atoms with Crippen molar-refractivity contribution in [3.8, 4) is 0 Å². The molecule has 2 N–H and O–H groups in total. The van der Waals surface area contributed by atoms with Crippen LogP contribution in [0.3, 0.4) is 0 Å². The van der Waals surface area contributed by atoms with Gasteiger partial charge in [-0.25, -0.2) is 4.98 Å². The number of anilines is 1. The fraction of sp³-hybridized carbons (Fsp3) is 0.182. The van der Waals surface area contributed by atoms with Gasteiger partial charge >= 0.3 is 0 Å². The normalized spacial score (nSPS) is 10.4. The molecular formula is C11H12N2S2. The zero-order valence-electron chi connectivity index (χ0n) is 8.22. The van der Waals surface area contributed by atoms with Crippen molar-refractivity contribution in [1.29, 1.82) is 0 Å². The van der Waals surface area contributed by atoms with E-state index in [9.17, 15) is 0 Å². The molecule has 0 spiro atoms. The summed E-state index contributed by atoms with van der Waals surface area (Å²) in [6.45, 7) is 0. The molecule has 2 aromatic rings. The average molecular weight is 236 g/mol. The number of benzene rings is 1. The maximum atomic E-state index is 5.56. The molecule has 78 valence electrons. The third-order valence-corrected chi connectivity index (χ3v) is 3.99. The van der Waals surface area contributed by atoms with E-state index in [1.165, 1.54) is 10.4 Å². The van der Waals surface area contributed by atoms with Crippen molar-refractivity contribution in [1.82, 2.24) is 4.98 Å². The lowest BCUT2D eigenvalue weighted by Crippen LogP contribution is -1.79. The van der Waals surface area contributed by atoms with E-state index in [0.717, 1.165) is 11.5 Å². The van der Waals surface area contributed by atoms with Crippen molar-refractivity contribution < 1.29 is 0 Å². The Labute approximate surface area is 97.5 Å². The van der Waals surface area contributed by atoms with Crippen LogP contribution in [-0.4, -0.2) is 4.98 Å². The van der Waals surface area contributed by atoms with Gasteiger partial charge in [-0.2, -0.15) is 11.8 Å². The van der Waals surface area contributed by atoms with Crippen molar-refractivity contribution in [2.24, 2.45) is 0 Å². The van der Waals surface area contributed by atoms with Crippen molar-refractivity contribution in [3.63, 3.8) is 0 Å². The maximum Gasteiger partial charge on any atom is 0.180 e. The van der Waals surface area contributed by atoms with Gasteiger partial charge in [-0.05, 0) is 5.56 Å². The Bertz CT molecular complexity index is 412. The molecule has 4 heteroatoms. The lowest BCUT2D eigenvalue weighted by atomic mass is 10.2. The molecule has 0 aliphatic rings. The molecule has 1 aromatic heterocycles. The first-order valence-corrected chi connectivity index (χ1v) is 6.63. The number of hydrogen-bond donors (Lipinski definition) is 1. The lowest BCUT2D eigenvalue weighted by molar-refractivity contribution is 1.36. The van der Waals surface area contributed by atoms with Gasteiger partial charge in [-0.1, -0.05) is 30.3 Å². The summed E-state index contributed by atoms with van der Waals surface area (Å²) in [5.74, 6) is 2.03. The van der Waals surface area contributed by atoms with Crippen molar-refractivity contribution in [2.45, 2.75) is 11.5 Å². The fourth-order valence-electron chi connectivity index (χ4n) is 1.23. The molecular weight excluding hydrogens is 224 g/mol. The van der Waals surface area contributed by atoms with E-state index in [4.69, 9.17) is 5.73 Å². The Morgan fingerprint density at radius 3 is 2.67 bits per heavy atom. The summed E-state index contributed by atoms with van der Waals surface area (Å²) >= 11 is 3.46. The Hall–Kier alpha value is -1.00. The van der Waals surface area contributed by atoms with Crippen LogP contribution in [0.25, 0.3) is 0 Å². The second-order valence-electron chi connectivity index (χ2n) is 3.14. The highest BCUT2D eigenvalue weighted by Gasteiger charge is 1.99. The SMILES string of the molecule is Nc1ncc(CSCc2ccccc2)s1. The van der Waals surface area contributed by atoms with Crippen LogP contribution in [0.2, 0.25) is 0 Å². The molecule has 0 fully saturated rings. The van der Waals surface area contributed by atoms with Crippen molar-refractivity contribution in [3.05, 3.63) is 47.0 Å². The van der Waals surface area contributed by atoms with Gasteiger partial charge in [0.25, 0.3) is 0 Å². The van der Waals surface area contributed by atoms with Crippen LogP contribution in [0.5, 0.6) is 0 Å². The topological polar surface area (TPSA) is 38.9 Å². The summed E-state index contributed by atoms with van der Waals surface area (Å²) in [6, 6.07) is 10.5. The number of nitrogen functional groups attached to an aromatic ring is 1. The highest BCUT2D eigenvalue weighted by Crippen LogP contribution is 2.22. The number of aromatic nitrogens is 1. The van der Waals surface area contributed by atoms with Gasteiger partial charge in [0, 0.05) is 22.6 Å². The molecule has 0 amide bonds. The van der Waals surface area contributed by atoms with Crippen LogP contribution in [0.4, 0.5) is 5.13 Å². The maximum absolute atomic E-state index is 5.56. The van der Waals surface area contributed by atoms with Gasteiger partial charge in [-0.15, -0.1) is 11.3 Å². The molecule has 0 saturated heterocycles. The summed E-state index contributed by atoms with van der Waals surface area (Å²) in [6.07, 6.45) is 1.86. The summed E-state index contributed by atoms with van der Waals surface area (Å²) in [5, 5.41) is 0.658. The zero-order valence-corrected chi connectivity index (χ0v) is 9.85. The smallest absolute Gasteiger partial charge is 0.180 e. The minimum Gasteiger partial charge on any atom is -0.375 e. The Balaban J connectivity index is 1.80. The largest absolute Gasteiger partial charge is 0.375 e. The standard InChI is InChI=1S/C11H12N2S2/c12-11-13-6-10(15-11)8-14-7-9-4-2-1-3-5-9/h1-6H,7-8H2,(H2,12,13). The highest BCUT2D eigenvalue weighted by atomic mass is 32.2. The van der Waals surface area contributed by atoms with Gasteiger partial charge in [0.15, 0.2) is 5.13 Å². The van der Waals surface area contributed by atoms with Gasteiger partial charge < -0.3 is 5.73 Å². The van der Waals surface area contributed by atoms with Crippen LogP contribution in [0.1, 0.15) is 10.4 Å². The molecule has 0 unspecified atom stereocenters.